The van der Waals surface area contributed by atoms with Crippen LogP contribution in [-0.2, 0) is 14.3 Å². The predicted octanol–water partition coefficient (Wildman–Crippen LogP) is 3.57. The third-order valence-electron chi connectivity index (χ3n) is 6.49. The molecular formula is C24H30FN3O4S. The first kappa shape index (κ1) is 23.8. The third kappa shape index (κ3) is 5.77. The normalized spacial score (nSPS) is 18.6. The SMILES string of the molecule is Cc1nc(-c2ccc(F)cc2)sc1C(=O)OCC(=O)NCC1(N2CCOCC2)CCCCC1. The number of halogens is 1. The van der Waals surface area contributed by atoms with Crippen molar-refractivity contribution in [2.24, 2.45) is 0 Å². The quantitative estimate of drug-likeness (QED) is 0.617. The number of benzene rings is 1. The fourth-order valence-corrected chi connectivity index (χ4v) is 5.63. The minimum atomic E-state index is -0.575. The molecule has 1 N–H and O–H groups in total. The molecule has 2 fully saturated rings. The van der Waals surface area contributed by atoms with E-state index in [2.05, 4.69) is 15.2 Å². The zero-order chi connectivity index (χ0) is 23.3. The molecule has 0 spiro atoms. The maximum absolute atomic E-state index is 13.2. The van der Waals surface area contributed by atoms with E-state index in [1.807, 2.05) is 0 Å². The Balaban J connectivity index is 1.32. The van der Waals surface area contributed by atoms with Crippen molar-refractivity contribution < 1.29 is 23.5 Å². The van der Waals surface area contributed by atoms with Crippen LogP contribution in [0, 0.1) is 12.7 Å². The first-order chi connectivity index (χ1) is 16.0. The summed E-state index contributed by atoms with van der Waals surface area (Å²) in [6.45, 7) is 5.15. The number of aromatic nitrogens is 1. The Labute approximate surface area is 197 Å². The number of aryl methyl sites for hydroxylation is 1. The van der Waals surface area contributed by atoms with Crippen LogP contribution in [0.25, 0.3) is 10.6 Å². The van der Waals surface area contributed by atoms with E-state index < -0.39 is 5.97 Å². The molecule has 0 atom stereocenters. The highest BCUT2D eigenvalue weighted by Crippen LogP contribution is 2.34. The Morgan fingerprint density at radius 3 is 2.58 bits per heavy atom. The summed E-state index contributed by atoms with van der Waals surface area (Å²) >= 11 is 1.17. The number of ether oxygens (including phenoxy) is 2. The molecule has 9 heteroatoms. The summed E-state index contributed by atoms with van der Waals surface area (Å²) < 4.78 is 24.0. The van der Waals surface area contributed by atoms with E-state index in [-0.39, 0.29) is 23.9 Å². The van der Waals surface area contributed by atoms with Gasteiger partial charge in [0, 0.05) is 30.7 Å². The van der Waals surface area contributed by atoms with Gasteiger partial charge in [-0.1, -0.05) is 19.3 Å². The van der Waals surface area contributed by atoms with Crippen LogP contribution in [0.3, 0.4) is 0 Å². The van der Waals surface area contributed by atoms with Crippen molar-refractivity contribution in [1.82, 2.24) is 15.2 Å². The van der Waals surface area contributed by atoms with Crippen molar-refractivity contribution in [3.63, 3.8) is 0 Å². The third-order valence-corrected chi connectivity index (χ3v) is 7.67. The van der Waals surface area contributed by atoms with Crippen LogP contribution in [0.1, 0.15) is 47.5 Å². The number of rotatable bonds is 7. The van der Waals surface area contributed by atoms with Gasteiger partial charge < -0.3 is 14.8 Å². The van der Waals surface area contributed by atoms with Gasteiger partial charge in [0.2, 0.25) is 0 Å². The number of hydrogen-bond acceptors (Lipinski definition) is 7. The molecule has 4 rings (SSSR count). The fraction of sp³-hybridized carbons (Fsp3) is 0.542. The largest absolute Gasteiger partial charge is 0.451 e. The molecule has 178 valence electrons. The van der Waals surface area contributed by atoms with Crippen molar-refractivity contribution in [2.45, 2.75) is 44.6 Å². The molecular weight excluding hydrogens is 445 g/mol. The number of morpholine rings is 1. The topological polar surface area (TPSA) is 80.8 Å². The van der Waals surface area contributed by atoms with Gasteiger partial charge in [0.1, 0.15) is 15.7 Å². The monoisotopic (exact) mass is 475 g/mol. The summed E-state index contributed by atoms with van der Waals surface area (Å²) in [5.41, 5.74) is 1.21. The lowest BCUT2D eigenvalue weighted by Gasteiger charge is -2.48. The van der Waals surface area contributed by atoms with Gasteiger partial charge in [-0.25, -0.2) is 14.2 Å². The highest BCUT2D eigenvalue weighted by molar-refractivity contribution is 7.17. The zero-order valence-electron chi connectivity index (χ0n) is 18.9. The van der Waals surface area contributed by atoms with E-state index in [9.17, 15) is 14.0 Å². The zero-order valence-corrected chi connectivity index (χ0v) is 19.7. The van der Waals surface area contributed by atoms with E-state index in [0.717, 1.165) is 57.6 Å². The standard InChI is InChI=1S/C24H30FN3O4S/c1-17-21(33-22(27-17)18-5-7-19(25)8-6-18)23(30)32-15-20(29)26-16-24(9-3-2-4-10-24)28-11-13-31-14-12-28/h5-8H,2-4,9-16H2,1H3,(H,26,29). The highest BCUT2D eigenvalue weighted by Gasteiger charge is 2.38. The maximum Gasteiger partial charge on any atom is 0.350 e. The number of amides is 1. The van der Waals surface area contributed by atoms with E-state index in [1.54, 1.807) is 19.1 Å². The van der Waals surface area contributed by atoms with E-state index >= 15 is 0 Å². The Kier molecular flexibility index (Phi) is 7.72. The molecule has 2 aliphatic rings. The summed E-state index contributed by atoms with van der Waals surface area (Å²) in [5, 5.41) is 3.61. The molecule has 2 aromatic rings. The van der Waals surface area contributed by atoms with Crippen molar-refractivity contribution >= 4 is 23.2 Å². The number of carbonyl (C=O) groups excluding carboxylic acids is 2. The van der Waals surface area contributed by atoms with Gasteiger partial charge in [-0.15, -0.1) is 11.3 Å². The molecule has 1 aliphatic carbocycles. The van der Waals surface area contributed by atoms with Crippen LogP contribution in [0.5, 0.6) is 0 Å². The van der Waals surface area contributed by atoms with E-state index in [1.165, 1.54) is 29.9 Å². The van der Waals surface area contributed by atoms with Gasteiger partial charge in [-0.2, -0.15) is 0 Å². The van der Waals surface area contributed by atoms with E-state index in [0.29, 0.717) is 22.1 Å². The van der Waals surface area contributed by atoms with Gasteiger partial charge in [0.25, 0.3) is 5.91 Å². The van der Waals surface area contributed by atoms with Gasteiger partial charge in [0.05, 0.1) is 18.9 Å². The molecule has 2 heterocycles. The Morgan fingerprint density at radius 2 is 1.88 bits per heavy atom. The first-order valence-electron chi connectivity index (χ1n) is 11.5. The molecule has 1 aromatic heterocycles. The average Bonchev–Trinajstić information content (AvgIpc) is 3.24. The first-order valence-corrected chi connectivity index (χ1v) is 12.3. The number of hydrogen-bond donors (Lipinski definition) is 1. The molecule has 33 heavy (non-hydrogen) atoms. The van der Waals surface area contributed by atoms with Crippen LogP contribution in [0.4, 0.5) is 4.39 Å². The molecule has 0 radical (unpaired) electrons. The number of esters is 1. The van der Waals surface area contributed by atoms with Gasteiger partial charge >= 0.3 is 5.97 Å². The van der Waals surface area contributed by atoms with Gasteiger partial charge in [-0.3, -0.25) is 9.69 Å². The Morgan fingerprint density at radius 1 is 1.18 bits per heavy atom. The molecule has 1 saturated heterocycles. The lowest BCUT2D eigenvalue weighted by molar-refractivity contribution is -0.125. The molecule has 1 saturated carbocycles. The summed E-state index contributed by atoms with van der Waals surface area (Å²) in [4.78, 5) is 32.3. The van der Waals surface area contributed by atoms with Gasteiger partial charge in [0.15, 0.2) is 6.61 Å². The number of nitrogens with one attached hydrogen (secondary N) is 1. The Hall–Kier alpha value is -2.36. The maximum atomic E-state index is 13.2. The van der Waals surface area contributed by atoms with Crippen molar-refractivity contribution in [3.05, 3.63) is 40.7 Å². The van der Waals surface area contributed by atoms with Crippen LogP contribution in [0.15, 0.2) is 24.3 Å². The minimum absolute atomic E-state index is 0.0416. The van der Waals surface area contributed by atoms with Gasteiger partial charge in [-0.05, 0) is 44.0 Å². The highest BCUT2D eigenvalue weighted by atomic mass is 32.1. The molecule has 7 nitrogen and oxygen atoms in total. The number of thiazole rings is 1. The second-order valence-corrected chi connectivity index (χ2v) is 9.68. The number of carbonyl (C=O) groups is 2. The lowest BCUT2D eigenvalue weighted by Crippen LogP contribution is -2.59. The molecule has 0 bridgehead atoms. The fourth-order valence-electron chi connectivity index (χ4n) is 4.66. The van der Waals surface area contributed by atoms with Crippen LogP contribution < -0.4 is 5.32 Å². The minimum Gasteiger partial charge on any atom is -0.451 e. The lowest BCUT2D eigenvalue weighted by atomic mass is 9.79. The van der Waals surface area contributed by atoms with Crippen LogP contribution >= 0.6 is 11.3 Å². The van der Waals surface area contributed by atoms with Crippen molar-refractivity contribution in [3.8, 4) is 10.6 Å². The van der Waals surface area contributed by atoms with Crippen LogP contribution in [-0.4, -0.2) is 66.8 Å². The second kappa shape index (κ2) is 10.7. The summed E-state index contributed by atoms with van der Waals surface area (Å²) in [6.07, 6.45) is 5.65. The Bertz CT molecular complexity index is 967. The molecule has 1 aliphatic heterocycles. The van der Waals surface area contributed by atoms with Crippen LogP contribution in [0.2, 0.25) is 0 Å². The summed E-state index contributed by atoms with van der Waals surface area (Å²) in [5.74, 6) is -1.21. The summed E-state index contributed by atoms with van der Waals surface area (Å²) in [7, 11) is 0. The summed E-state index contributed by atoms with van der Waals surface area (Å²) in [6, 6.07) is 5.94. The van der Waals surface area contributed by atoms with Crippen molar-refractivity contribution in [1.29, 1.82) is 0 Å². The molecule has 0 unspecified atom stereocenters. The predicted molar refractivity (Wildman–Crippen MR) is 124 cm³/mol. The molecule has 1 amide bonds. The smallest absolute Gasteiger partial charge is 0.350 e. The van der Waals surface area contributed by atoms with E-state index in [4.69, 9.17) is 9.47 Å². The number of nitrogens with zero attached hydrogens (tertiary/aromatic N) is 2. The average molecular weight is 476 g/mol. The second-order valence-electron chi connectivity index (χ2n) is 8.68. The van der Waals surface area contributed by atoms with Crippen molar-refractivity contribution in [2.75, 3.05) is 39.5 Å². The molecule has 1 aromatic carbocycles.